The minimum Gasteiger partial charge on any atom is -0.471 e. The minimum atomic E-state index is -0.161. The normalized spacial score (nSPS) is 13.2. The molecule has 0 saturated heterocycles. The highest BCUT2D eigenvalue weighted by molar-refractivity contribution is 7.12. The molecule has 0 amide bonds. The summed E-state index contributed by atoms with van der Waals surface area (Å²) in [6.45, 7) is -0.288. The molecule has 0 N–H and O–H groups in total. The summed E-state index contributed by atoms with van der Waals surface area (Å²) in [6.07, 6.45) is 0. The summed E-state index contributed by atoms with van der Waals surface area (Å²) in [5.41, 5.74) is 11.5. The summed E-state index contributed by atoms with van der Waals surface area (Å²) in [5, 5.41) is 4.66. The van der Waals surface area contributed by atoms with Crippen LogP contribution in [-0.4, -0.2) is 13.4 Å². The van der Waals surface area contributed by atoms with E-state index in [-0.39, 0.29) is 13.4 Å². The Kier molecular flexibility index (Phi) is 5.81. The lowest BCUT2D eigenvalue weighted by atomic mass is 9.24. The lowest BCUT2D eigenvalue weighted by molar-refractivity contribution is 0.477. The second-order valence-electron chi connectivity index (χ2n) is 13.2. The summed E-state index contributed by atoms with van der Waals surface area (Å²) in [6, 6.07) is 57.5. The van der Waals surface area contributed by atoms with Crippen molar-refractivity contribution in [3.63, 3.8) is 0 Å². The van der Waals surface area contributed by atoms with Crippen molar-refractivity contribution >= 4 is 96.4 Å². The number of para-hydroxylation sites is 6. The molecule has 4 nitrogen and oxygen atoms in total. The molecule has 0 saturated carbocycles. The lowest BCUT2D eigenvalue weighted by Gasteiger charge is -2.33. The van der Waals surface area contributed by atoms with Crippen molar-refractivity contribution in [2.45, 2.75) is 0 Å². The molecule has 4 heterocycles. The fourth-order valence-corrected chi connectivity index (χ4v) is 8.28. The maximum Gasteiger partial charge on any atom is 0.290 e. The number of fused-ring (bicyclic) bond motifs is 9. The summed E-state index contributed by atoms with van der Waals surface area (Å²) in [5.74, 6) is 1.67. The van der Waals surface area contributed by atoms with Gasteiger partial charge < -0.3 is 18.5 Å². The Labute approximate surface area is 289 Å². The average molecular weight is 639 g/mol. The smallest absolute Gasteiger partial charge is 0.290 e. The van der Waals surface area contributed by atoms with E-state index in [9.17, 15) is 0 Å². The molecule has 0 unspecified atom stereocenters. The fourth-order valence-electron chi connectivity index (χ4n) is 8.28. The Morgan fingerprint density at radius 2 is 0.920 bits per heavy atom. The number of hydrogen-bond acceptors (Lipinski definition) is 4. The van der Waals surface area contributed by atoms with Gasteiger partial charge in [-0.25, -0.2) is 0 Å². The van der Waals surface area contributed by atoms with Crippen LogP contribution in [0.2, 0.25) is 0 Å². The van der Waals surface area contributed by atoms with Crippen LogP contribution >= 0.6 is 0 Å². The van der Waals surface area contributed by atoms with Crippen molar-refractivity contribution in [2.24, 2.45) is 0 Å². The van der Waals surface area contributed by atoms with Crippen LogP contribution in [-0.2, 0) is 0 Å². The molecular formula is C44H27B2NO3. The van der Waals surface area contributed by atoms with Gasteiger partial charge in [-0.3, -0.25) is 0 Å². The van der Waals surface area contributed by atoms with E-state index in [1.54, 1.807) is 0 Å². The highest BCUT2D eigenvalue weighted by atomic mass is 16.5. The topological polar surface area (TPSA) is 38.8 Å². The molecule has 0 aliphatic carbocycles. The molecule has 0 radical (unpaired) electrons. The molecule has 9 aromatic rings. The van der Waals surface area contributed by atoms with Gasteiger partial charge in [0.25, 0.3) is 13.4 Å². The summed E-state index contributed by atoms with van der Waals surface area (Å²) >= 11 is 0. The van der Waals surface area contributed by atoms with Gasteiger partial charge in [0.1, 0.15) is 11.2 Å². The van der Waals surface area contributed by atoms with E-state index in [2.05, 4.69) is 144 Å². The molecule has 7 aromatic carbocycles. The standard InChI is InChI=1S/C44H27B2NO3/c1-2-12-29-27-31(22-21-28(29)11-1)46-42-34-14-4-8-18-38(34)49-43(42)45(41-33-13-3-7-17-37(33)50-44(41)46)30-23-25-32(26-24-30)47-35-15-5-9-19-39(35)48-40-20-10-6-16-36(40)47/h1-27H. The van der Waals surface area contributed by atoms with Gasteiger partial charge >= 0.3 is 0 Å². The van der Waals surface area contributed by atoms with Crippen molar-refractivity contribution in [2.75, 3.05) is 4.90 Å². The second-order valence-corrected chi connectivity index (χ2v) is 13.2. The zero-order valence-electron chi connectivity index (χ0n) is 26.9. The van der Waals surface area contributed by atoms with Crippen LogP contribution in [0.15, 0.2) is 173 Å². The molecule has 2 aliphatic rings. The maximum atomic E-state index is 6.94. The highest BCUT2D eigenvalue weighted by Gasteiger charge is 2.46. The Bertz CT molecular complexity index is 2730. The summed E-state index contributed by atoms with van der Waals surface area (Å²) in [7, 11) is 0. The molecule has 0 bridgehead atoms. The maximum absolute atomic E-state index is 6.94. The van der Waals surface area contributed by atoms with Crippen LogP contribution in [0.1, 0.15) is 0 Å². The van der Waals surface area contributed by atoms with Gasteiger partial charge in [0.2, 0.25) is 0 Å². The van der Waals surface area contributed by atoms with Gasteiger partial charge in [-0.15, -0.1) is 0 Å². The largest absolute Gasteiger partial charge is 0.471 e. The number of furan rings is 2. The van der Waals surface area contributed by atoms with Crippen LogP contribution in [0.25, 0.3) is 32.7 Å². The van der Waals surface area contributed by atoms with E-state index >= 15 is 0 Å². The number of anilines is 3. The van der Waals surface area contributed by atoms with E-state index in [0.717, 1.165) is 67.3 Å². The summed E-state index contributed by atoms with van der Waals surface area (Å²) < 4.78 is 20.2. The zero-order chi connectivity index (χ0) is 32.8. The van der Waals surface area contributed by atoms with Crippen molar-refractivity contribution in [3.8, 4) is 11.5 Å². The SMILES string of the molecule is c1ccc2c(c1)Oc1ccccc1N2c1ccc(B2c3oc4ccccc4c3B(c3ccc4ccccc4c3)c3oc4ccccc4c32)cc1. The molecule has 6 heteroatoms. The van der Waals surface area contributed by atoms with Crippen LogP contribution in [0.4, 0.5) is 17.1 Å². The van der Waals surface area contributed by atoms with Crippen molar-refractivity contribution in [1.29, 1.82) is 0 Å². The van der Waals surface area contributed by atoms with Crippen LogP contribution in [0.5, 0.6) is 11.5 Å². The third-order valence-electron chi connectivity index (χ3n) is 10.5. The molecular weight excluding hydrogens is 612 g/mol. The molecule has 0 atom stereocenters. The van der Waals surface area contributed by atoms with Crippen LogP contribution in [0, 0.1) is 0 Å². The van der Waals surface area contributed by atoms with Gasteiger partial charge in [0.15, 0.2) is 11.5 Å². The van der Waals surface area contributed by atoms with Gasteiger partial charge in [-0.2, -0.15) is 0 Å². The van der Waals surface area contributed by atoms with Crippen molar-refractivity contribution in [3.05, 3.63) is 164 Å². The first-order valence-electron chi connectivity index (χ1n) is 17.1. The second kappa shape index (κ2) is 10.6. The van der Waals surface area contributed by atoms with E-state index in [4.69, 9.17) is 13.6 Å². The zero-order valence-corrected chi connectivity index (χ0v) is 26.9. The van der Waals surface area contributed by atoms with Crippen molar-refractivity contribution < 1.29 is 13.6 Å². The number of ether oxygens (including phenoxy) is 1. The average Bonchev–Trinajstić information content (AvgIpc) is 3.75. The van der Waals surface area contributed by atoms with E-state index in [1.807, 2.05) is 24.3 Å². The number of rotatable bonds is 3. The first-order valence-corrected chi connectivity index (χ1v) is 17.1. The Hall–Kier alpha value is -6.39. The molecule has 2 aliphatic heterocycles. The van der Waals surface area contributed by atoms with Crippen molar-refractivity contribution in [1.82, 2.24) is 0 Å². The molecule has 0 spiro atoms. The fraction of sp³-hybridized carbons (Fsp3) is 0. The number of benzene rings is 7. The molecule has 50 heavy (non-hydrogen) atoms. The first kappa shape index (κ1) is 27.5. The number of nitrogens with zero attached hydrogens (tertiary/aromatic N) is 1. The van der Waals surface area contributed by atoms with Crippen LogP contribution < -0.4 is 42.8 Å². The van der Waals surface area contributed by atoms with Gasteiger partial charge in [0, 0.05) is 16.5 Å². The Morgan fingerprint density at radius 3 is 1.56 bits per heavy atom. The van der Waals surface area contributed by atoms with E-state index in [1.165, 1.54) is 27.2 Å². The molecule has 232 valence electrons. The summed E-state index contributed by atoms with van der Waals surface area (Å²) in [4.78, 5) is 2.28. The third kappa shape index (κ3) is 3.96. The molecule has 11 rings (SSSR count). The predicted molar refractivity (Wildman–Crippen MR) is 207 cm³/mol. The monoisotopic (exact) mass is 639 g/mol. The third-order valence-corrected chi connectivity index (χ3v) is 10.5. The number of hydrogen-bond donors (Lipinski definition) is 0. The lowest BCUT2D eigenvalue weighted by Crippen LogP contribution is -2.73. The predicted octanol–water partition coefficient (Wildman–Crippen LogP) is 7.25. The van der Waals surface area contributed by atoms with E-state index < -0.39 is 0 Å². The Balaban J connectivity index is 1.13. The van der Waals surface area contributed by atoms with Gasteiger partial charge in [-0.05, 0) is 70.2 Å². The molecule has 0 fully saturated rings. The first-order chi connectivity index (χ1) is 24.8. The Morgan fingerprint density at radius 1 is 0.420 bits per heavy atom. The van der Waals surface area contributed by atoms with Crippen LogP contribution in [0.3, 0.4) is 0 Å². The van der Waals surface area contributed by atoms with Gasteiger partial charge in [0.05, 0.1) is 22.7 Å². The highest BCUT2D eigenvalue weighted by Crippen LogP contribution is 2.49. The molecule has 2 aromatic heterocycles. The van der Waals surface area contributed by atoms with Gasteiger partial charge in [-0.1, -0.05) is 126 Å². The van der Waals surface area contributed by atoms with E-state index in [0.29, 0.717) is 0 Å². The minimum absolute atomic E-state index is 0.127. The quantitative estimate of drug-likeness (QED) is 0.191.